The number of rotatable bonds is 9. The Balaban J connectivity index is 1.49. The molecular weight excluding hydrogens is 547 g/mol. The molecule has 11 nitrogen and oxygen atoms in total. The van der Waals surface area contributed by atoms with Crippen LogP contribution in [-0.2, 0) is 11.3 Å². The molecule has 0 radical (unpaired) electrons. The van der Waals surface area contributed by atoms with E-state index in [2.05, 4.69) is 10.1 Å². The van der Waals surface area contributed by atoms with Gasteiger partial charge in [0.15, 0.2) is 5.65 Å². The number of carbonyl (C=O) groups is 2. The highest BCUT2D eigenvalue weighted by Gasteiger charge is 2.20. The molecule has 2 amide bonds. The molecule has 0 saturated carbocycles. The van der Waals surface area contributed by atoms with E-state index in [1.807, 2.05) is 6.07 Å². The lowest BCUT2D eigenvalue weighted by atomic mass is 10.2. The van der Waals surface area contributed by atoms with Gasteiger partial charge in [0.2, 0.25) is 0 Å². The van der Waals surface area contributed by atoms with Crippen LogP contribution in [0.5, 0.6) is 17.2 Å². The minimum atomic E-state index is -0.868. The van der Waals surface area contributed by atoms with Gasteiger partial charge in [0.25, 0.3) is 0 Å². The molecule has 4 rings (SSSR count). The van der Waals surface area contributed by atoms with Crippen molar-refractivity contribution in [1.82, 2.24) is 19.7 Å². The summed E-state index contributed by atoms with van der Waals surface area (Å²) in [5.41, 5.74) is 6.16. The van der Waals surface area contributed by atoms with Crippen LogP contribution in [0.15, 0.2) is 54.7 Å². The fourth-order valence-electron chi connectivity index (χ4n) is 3.60. The van der Waals surface area contributed by atoms with E-state index in [1.54, 1.807) is 55.7 Å². The van der Waals surface area contributed by atoms with Gasteiger partial charge in [-0.1, -0.05) is 23.2 Å². The van der Waals surface area contributed by atoms with Gasteiger partial charge in [-0.2, -0.15) is 15.0 Å². The number of nitriles is 1. The number of nitrogens with two attached hydrogens (primary N) is 1. The highest BCUT2D eigenvalue weighted by Crippen LogP contribution is 2.34. The number of nitrogens with zero attached hydrogens (tertiary/aromatic N) is 5. The summed E-state index contributed by atoms with van der Waals surface area (Å²) in [5.74, 6) is 1.08. The van der Waals surface area contributed by atoms with Crippen LogP contribution in [0.1, 0.15) is 17.7 Å². The molecule has 0 bridgehead atoms. The molecule has 0 aliphatic rings. The van der Waals surface area contributed by atoms with Crippen molar-refractivity contribution in [1.29, 1.82) is 5.26 Å². The lowest BCUT2D eigenvalue weighted by Gasteiger charge is -2.16. The minimum absolute atomic E-state index is 0.0233. The largest absolute Gasteiger partial charge is 0.487 e. The molecule has 2 aromatic heterocycles. The molecule has 0 aliphatic heterocycles. The average molecular weight is 569 g/mol. The van der Waals surface area contributed by atoms with E-state index in [4.69, 9.17) is 43.1 Å². The maximum absolute atomic E-state index is 13.1. The lowest BCUT2D eigenvalue weighted by Crippen LogP contribution is -2.33. The quantitative estimate of drug-likeness (QED) is 0.265. The number of primary amides is 1. The van der Waals surface area contributed by atoms with E-state index in [0.29, 0.717) is 62.6 Å². The number of fused-ring (bicyclic) bond motifs is 1. The molecule has 2 aromatic carbocycles. The number of carbonyl (C=O) groups excluding carboxylic acids is 2. The van der Waals surface area contributed by atoms with Crippen LogP contribution in [0.3, 0.4) is 0 Å². The van der Waals surface area contributed by atoms with Crippen molar-refractivity contribution < 1.29 is 23.8 Å². The summed E-state index contributed by atoms with van der Waals surface area (Å²) in [4.78, 5) is 29.5. The molecule has 2 N–H and O–H groups in total. The maximum atomic E-state index is 13.1. The van der Waals surface area contributed by atoms with Crippen molar-refractivity contribution in [3.8, 4) is 23.3 Å². The molecule has 13 heteroatoms. The van der Waals surface area contributed by atoms with Crippen molar-refractivity contribution in [2.75, 3.05) is 20.2 Å². The van der Waals surface area contributed by atoms with Gasteiger partial charge in [-0.25, -0.2) is 14.6 Å². The first-order valence-electron chi connectivity index (χ1n) is 11.6. The Bertz CT molecular complexity index is 1570. The Hall–Kier alpha value is -4.53. The molecule has 2 heterocycles. The summed E-state index contributed by atoms with van der Waals surface area (Å²) < 4.78 is 17.7. The summed E-state index contributed by atoms with van der Waals surface area (Å²) in [6, 6.07) is 14.6. The molecule has 0 aliphatic carbocycles. The Morgan fingerprint density at radius 1 is 1.15 bits per heavy atom. The zero-order valence-electron chi connectivity index (χ0n) is 20.6. The predicted molar refractivity (Wildman–Crippen MR) is 143 cm³/mol. The summed E-state index contributed by atoms with van der Waals surface area (Å²) in [6.07, 6.45) is 1.10. The summed E-state index contributed by atoms with van der Waals surface area (Å²) >= 11 is 12.4. The molecule has 200 valence electrons. The van der Waals surface area contributed by atoms with Gasteiger partial charge in [0.1, 0.15) is 29.5 Å². The molecule has 0 spiro atoms. The Morgan fingerprint density at radius 2 is 1.97 bits per heavy atom. The highest BCUT2D eigenvalue weighted by molar-refractivity contribution is 6.32. The topological polar surface area (TPSA) is 146 Å². The minimum Gasteiger partial charge on any atom is -0.487 e. The zero-order chi connectivity index (χ0) is 27.9. The standard InChI is InChI=1S/C26H22Cl2N6O5/c1-33(8-3-9-37-25(30)35)26(36)34-24-20(4-2-7-31-24)22(32-34)15-38-18-5-6-21(28)23(13-18)39-19-11-16(14-29)10-17(27)12-19/h2,4-7,10-13H,3,8-9,15H2,1H3,(H2,30,35). The monoisotopic (exact) mass is 568 g/mol. The van der Waals surface area contributed by atoms with Crippen molar-refractivity contribution in [2.24, 2.45) is 5.73 Å². The van der Waals surface area contributed by atoms with E-state index >= 15 is 0 Å². The first kappa shape index (κ1) is 27.5. The average Bonchev–Trinajstić information content (AvgIpc) is 3.29. The molecule has 39 heavy (non-hydrogen) atoms. The Kier molecular flexibility index (Phi) is 8.70. The first-order valence-corrected chi connectivity index (χ1v) is 12.3. The molecule has 0 atom stereocenters. The summed E-state index contributed by atoms with van der Waals surface area (Å²) in [7, 11) is 1.61. The van der Waals surface area contributed by atoms with Crippen LogP contribution < -0.4 is 15.2 Å². The molecular formula is C26H22Cl2N6O5. The number of hydrogen-bond donors (Lipinski definition) is 1. The van der Waals surface area contributed by atoms with Gasteiger partial charge in [0, 0.05) is 36.3 Å². The van der Waals surface area contributed by atoms with Gasteiger partial charge in [0.05, 0.1) is 23.3 Å². The molecule has 0 unspecified atom stereocenters. The number of amides is 2. The number of aromatic nitrogens is 3. The number of benzene rings is 2. The normalized spacial score (nSPS) is 10.6. The smallest absolute Gasteiger partial charge is 0.404 e. The molecule has 0 saturated heterocycles. The van der Waals surface area contributed by atoms with Crippen LogP contribution in [0.25, 0.3) is 11.0 Å². The number of ether oxygens (including phenoxy) is 3. The fourth-order valence-corrected chi connectivity index (χ4v) is 3.98. The number of hydrogen-bond acceptors (Lipinski definition) is 8. The zero-order valence-corrected chi connectivity index (χ0v) is 22.1. The SMILES string of the molecule is CN(CCCOC(N)=O)C(=O)n1nc(COc2ccc(Cl)c(Oc3cc(Cl)cc(C#N)c3)c2)c2cccnc21. The van der Waals surface area contributed by atoms with Crippen LogP contribution >= 0.6 is 23.2 Å². The van der Waals surface area contributed by atoms with Gasteiger partial charge in [-0.3, -0.25) is 0 Å². The highest BCUT2D eigenvalue weighted by atomic mass is 35.5. The van der Waals surface area contributed by atoms with Gasteiger partial charge >= 0.3 is 12.1 Å². The van der Waals surface area contributed by atoms with Crippen molar-refractivity contribution >= 4 is 46.4 Å². The second-order valence-electron chi connectivity index (χ2n) is 8.23. The Morgan fingerprint density at radius 3 is 2.74 bits per heavy atom. The van der Waals surface area contributed by atoms with E-state index in [0.717, 1.165) is 0 Å². The summed E-state index contributed by atoms with van der Waals surface area (Å²) in [6.45, 7) is 0.422. The van der Waals surface area contributed by atoms with Crippen LogP contribution in [0.2, 0.25) is 10.0 Å². The number of halogens is 2. The van der Waals surface area contributed by atoms with Gasteiger partial charge < -0.3 is 24.8 Å². The number of pyridine rings is 1. The van der Waals surface area contributed by atoms with Crippen LogP contribution in [0, 0.1) is 11.3 Å². The first-order chi connectivity index (χ1) is 18.7. The maximum Gasteiger partial charge on any atom is 0.404 e. The van der Waals surface area contributed by atoms with Crippen molar-refractivity contribution in [2.45, 2.75) is 13.0 Å². The van der Waals surface area contributed by atoms with Crippen LogP contribution in [0.4, 0.5) is 9.59 Å². The van der Waals surface area contributed by atoms with E-state index in [1.165, 1.54) is 15.6 Å². The predicted octanol–water partition coefficient (Wildman–Crippen LogP) is 5.37. The van der Waals surface area contributed by atoms with E-state index in [-0.39, 0.29) is 13.2 Å². The third kappa shape index (κ3) is 6.87. The third-order valence-corrected chi connectivity index (χ3v) is 5.95. The lowest BCUT2D eigenvalue weighted by molar-refractivity contribution is 0.150. The van der Waals surface area contributed by atoms with E-state index in [9.17, 15) is 14.9 Å². The van der Waals surface area contributed by atoms with Crippen LogP contribution in [-0.4, -0.2) is 52.0 Å². The summed E-state index contributed by atoms with van der Waals surface area (Å²) in [5, 5.41) is 14.9. The van der Waals surface area contributed by atoms with Gasteiger partial charge in [-0.05, 0) is 48.9 Å². The Labute approximate surface area is 233 Å². The van der Waals surface area contributed by atoms with Crippen molar-refractivity contribution in [3.05, 3.63) is 76.0 Å². The van der Waals surface area contributed by atoms with Crippen molar-refractivity contribution in [3.63, 3.8) is 0 Å². The molecule has 4 aromatic rings. The van der Waals surface area contributed by atoms with E-state index < -0.39 is 12.1 Å². The second kappa shape index (κ2) is 12.3. The third-order valence-electron chi connectivity index (χ3n) is 5.42. The molecule has 0 fully saturated rings. The second-order valence-corrected chi connectivity index (χ2v) is 9.07. The fraction of sp³-hybridized carbons (Fsp3) is 0.192. The van der Waals surface area contributed by atoms with Gasteiger partial charge in [-0.15, -0.1) is 0 Å².